The molecule has 0 radical (unpaired) electrons. The van der Waals surface area contributed by atoms with Crippen molar-refractivity contribution in [3.8, 4) is 23.0 Å². The van der Waals surface area contributed by atoms with Crippen LogP contribution in [0.1, 0.15) is 46.5 Å². The third kappa shape index (κ3) is 5.28. The van der Waals surface area contributed by atoms with Crippen molar-refractivity contribution in [2.24, 2.45) is 0 Å². The Labute approximate surface area is 232 Å². The second-order valence-corrected chi connectivity index (χ2v) is 10.6. The number of aromatic nitrogens is 1. The number of hydrogen-bond acceptors (Lipinski definition) is 6. The van der Waals surface area contributed by atoms with Crippen LogP contribution in [0.2, 0.25) is 5.02 Å². The molecule has 1 saturated heterocycles. The lowest BCUT2D eigenvalue weighted by molar-refractivity contribution is -0.0254. The molecule has 2 aliphatic rings. The summed E-state index contributed by atoms with van der Waals surface area (Å²) in [5, 5.41) is 11.9. The first kappa shape index (κ1) is 25.6. The Bertz CT molecular complexity index is 1520. The van der Waals surface area contributed by atoms with E-state index in [1.807, 2.05) is 60.7 Å². The molecule has 2 aliphatic heterocycles. The van der Waals surface area contributed by atoms with E-state index in [0.717, 1.165) is 59.6 Å². The van der Waals surface area contributed by atoms with Gasteiger partial charge in [0, 0.05) is 54.0 Å². The van der Waals surface area contributed by atoms with Crippen molar-refractivity contribution in [3.63, 3.8) is 0 Å². The second kappa shape index (κ2) is 10.8. The van der Waals surface area contributed by atoms with E-state index in [-0.39, 0.29) is 0 Å². The van der Waals surface area contributed by atoms with Gasteiger partial charge in [0.15, 0.2) is 12.0 Å². The Morgan fingerprint density at radius 1 is 1.00 bits per heavy atom. The Balaban J connectivity index is 1.20. The number of carbonyl (C=O) groups is 1. The number of halogens is 1. The predicted octanol–water partition coefficient (Wildman–Crippen LogP) is 6.91. The molecule has 6 nitrogen and oxygen atoms in total. The molecule has 2 aromatic heterocycles. The maximum atomic E-state index is 11.2. The van der Waals surface area contributed by atoms with Crippen molar-refractivity contribution >= 4 is 23.5 Å². The van der Waals surface area contributed by atoms with Crippen LogP contribution < -0.4 is 4.74 Å². The molecule has 0 unspecified atom stereocenters. The molecule has 198 valence electrons. The summed E-state index contributed by atoms with van der Waals surface area (Å²) in [6.45, 7) is 2.55. The highest BCUT2D eigenvalue weighted by Crippen LogP contribution is 2.42. The van der Waals surface area contributed by atoms with E-state index in [1.54, 1.807) is 12.3 Å². The number of ether oxygens (including phenoxy) is 1. The van der Waals surface area contributed by atoms with E-state index in [4.69, 9.17) is 20.8 Å². The van der Waals surface area contributed by atoms with Gasteiger partial charge < -0.3 is 19.2 Å². The molecule has 1 fully saturated rings. The zero-order chi connectivity index (χ0) is 26.8. The Kier molecular flexibility index (Phi) is 7.09. The average Bonchev–Trinajstić information content (AvgIpc) is 3.38. The number of pyridine rings is 1. The van der Waals surface area contributed by atoms with Gasteiger partial charge in [0.1, 0.15) is 11.5 Å². The van der Waals surface area contributed by atoms with Crippen LogP contribution in [0.4, 0.5) is 0 Å². The summed E-state index contributed by atoms with van der Waals surface area (Å²) in [6, 6.07) is 20.9. The number of furan rings is 1. The summed E-state index contributed by atoms with van der Waals surface area (Å²) in [6.07, 6.45) is 7.61. The molecule has 0 bridgehead atoms. The fourth-order valence-electron chi connectivity index (χ4n) is 5.54. The topological polar surface area (TPSA) is 75.8 Å². The number of allylic oxidation sites excluding steroid dienone is 1. The zero-order valence-electron chi connectivity index (χ0n) is 21.5. The normalized spacial score (nSPS) is 17.6. The summed E-state index contributed by atoms with van der Waals surface area (Å²) in [7, 11) is 0. The summed E-state index contributed by atoms with van der Waals surface area (Å²) < 4.78 is 12.0. The van der Waals surface area contributed by atoms with Crippen molar-refractivity contribution in [3.05, 3.63) is 106 Å². The standard InChI is InChI=1S/C32H29ClN2O4/c33-24-10-8-23(9-11-24)32(37)14-18-35(19-15-32)17-3-4-22-20-28-27(30-13-12-25(21-36)38-30)5-1-7-29(28)39-31-26(22)6-2-16-34-31/h1-2,4-13,16,21,37H,3,14-15,17-20H2. The number of aliphatic hydroxyl groups is 1. The van der Waals surface area contributed by atoms with Crippen LogP contribution in [-0.2, 0) is 12.0 Å². The Morgan fingerprint density at radius 2 is 1.79 bits per heavy atom. The minimum absolute atomic E-state index is 0.294. The lowest BCUT2D eigenvalue weighted by Crippen LogP contribution is -2.42. The minimum Gasteiger partial charge on any atom is -0.453 e. The fraction of sp³-hybridized carbons (Fsp3) is 0.250. The first-order valence-electron chi connectivity index (χ1n) is 13.2. The fourth-order valence-corrected chi connectivity index (χ4v) is 5.67. The van der Waals surface area contributed by atoms with E-state index >= 15 is 0 Å². The van der Waals surface area contributed by atoms with E-state index in [0.29, 0.717) is 48.0 Å². The van der Waals surface area contributed by atoms with Gasteiger partial charge in [-0.15, -0.1) is 0 Å². The molecule has 4 aromatic rings. The van der Waals surface area contributed by atoms with Crippen molar-refractivity contribution in [1.82, 2.24) is 9.88 Å². The van der Waals surface area contributed by atoms with Gasteiger partial charge in [0.05, 0.1) is 5.60 Å². The van der Waals surface area contributed by atoms with Crippen LogP contribution in [0.5, 0.6) is 11.6 Å². The van der Waals surface area contributed by atoms with Gasteiger partial charge >= 0.3 is 0 Å². The van der Waals surface area contributed by atoms with Crippen molar-refractivity contribution in [2.45, 2.75) is 31.3 Å². The van der Waals surface area contributed by atoms with Crippen LogP contribution in [0.25, 0.3) is 16.9 Å². The van der Waals surface area contributed by atoms with E-state index in [2.05, 4.69) is 16.0 Å². The summed E-state index contributed by atoms with van der Waals surface area (Å²) >= 11 is 6.03. The molecule has 7 heteroatoms. The van der Waals surface area contributed by atoms with E-state index in [9.17, 15) is 9.90 Å². The third-order valence-electron chi connectivity index (χ3n) is 7.73. The molecule has 0 atom stereocenters. The lowest BCUT2D eigenvalue weighted by atomic mass is 9.84. The molecule has 0 aliphatic carbocycles. The van der Waals surface area contributed by atoms with Gasteiger partial charge in [-0.05, 0) is 72.9 Å². The van der Waals surface area contributed by atoms with Gasteiger partial charge in [-0.25, -0.2) is 4.98 Å². The van der Waals surface area contributed by atoms with Gasteiger partial charge in [0.25, 0.3) is 0 Å². The number of fused-ring (bicyclic) bond motifs is 2. The van der Waals surface area contributed by atoms with Gasteiger partial charge in [-0.1, -0.05) is 41.9 Å². The summed E-state index contributed by atoms with van der Waals surface area (Å²) in [5.74, 6) is 2.25. The van der Waals surface area contributed by atoms with Crippen LogP contribution in [-0.4, -0.2) is 40.9 Å². The minimum atomic E-state index is -0.807. The lowest BCUT2D eigenvalue weighted by Gasteiger charge is -2.38. The van der Waals surface area contributed by atoms with Gasteiger partial charge in [0.2, 0.25) is 5.88 Å². The molecule has 39 heavy (non-hydrogen) atoms. The smallest absolute Gasteiger partial charge is 0.226 e. The number of nitrogens with zero attached hydrogens (tertiary/aromatic N) is 2. The maximum absolute atomic E-state index is 11.2. The first-order valence-corrected chi connectivity index (χ1v) is 13.6. The Morgan fingerprint density at radius 3 is 2.56 bits per heavy atom. The number of carbonyl (C=O) groups excluding carboxylic acids is 1. The molecule has 2 aromatic carbocycles. The van der Waals surface area contributed by atoms with Crippen LogP contribution in [0.15, 0.2) is 83.4 Å². The average molecular weight is 541 g/mol. The molecule has 0 amide bonds. The SMILES string of the molecule is O=Cc1ccc(-c2cccc3c2CC(=CCCN2CCC(O)(c4ccc(Cl)cc4)CC2)c2cccnc2O3)o1. The first-order chi connectivity index (χ1) is 19.0. The van der Waals surface area contributed by atoms with Gasteiger partial charge in [-0.3, -0.25) is 4.79 Å². The molecule has 0 spiro atoms. The monoisotopic (exact) mass is 540 g/mol. The summed E-state index contributed by atoms with van der Waals surface area (Å²) in [4.78, 5) is 18.1. The molecule has 6 rings (SSSR count). The van der Waals surface area contributed by atoms with Crippen LogP contribution >= 0.6 is 11.6 Å². The number of aldehydes is 1. The van der Waals surface area contributed by atoms with Gasteiger partial charge in [-0.2, -0.15) is 0 Å². The number of benzene rings is 2. The number of piperidine rings is 1. The molecule has 0 saturated carbocycles. The molecule has 1 N–H and O–H groups in total. The maximum Gasteiger partial charge on any atom is 0.226 e. The van der Waals surface area contributed by atoms with E-state index < -0.39 is 5.60 Å². The number of rotatable bonds is 6. The highest BCUT2D eigenvalue weighted by Gasteiger charge is 2.33. The number of likely N-dealkylation sites (tertiary alicyclic amines) is 1. The van der Waals surface area contributed by atoms with Crippen molar-refractivity contribution in [2.75, 3.05) is 19.6 Å². The molecular formula is C32H29ClN2O4. The van der Waals surface area contributed by atoms with Crippen LogP contribution in [0, 0.1) is 0 Å². The number of hydrogen-bond donors (Lipinski definition) is 1. The van der Waals surface area contributed by atoms with E-state index in [1.165, 1.54) is 0 Å². The third-order valence-corrected chi connectivity index (χ3v) is 7.99. The molecule has 4 heterocycles. The predicted molar refractivity (Wildman–Crippen MR) is 151 cm³/mol. The van der Waals surface area contributed by atoms with Crippen molar-refractivity contribution < 1.29 is 19.1 Å². The largest absolute Gasteiger partial charge is 0.453 e. The summed E-state index contributed by atoms with van der Waals surface area (Å²) in [5.41, 5.74) is 4.14. The van der Waals surface area contributed by atoms with Crippen LogP contribution in [0.3, 0.4) is 0 Å². The zero-order valence-corrected chi connectivity index (χ0v) is 22.2. The quantitative estimate of drug-likeness (QED) is 0.268. The molecular weight excluding hydrogens is 512 g/mol. The second-order valence-electron chi connectivity index (χ2n) is 10.1. The van der Waals surface area contributed by atoms with Crippen molar-refractivity contribution in [1.29, 1.82) is 0 Å². The Hall–Kier alpha value is -3.71. The highest BCUT2D eigenvalue weighted by molar-refractivity contribution is 6.30. The highest BCUT2D eigenvalue weighted by atomic mass is 35.5.